The summed E-state index contributed by atoms with van der Waals surface area (Å²) >= 11 is 0. The van der Waals surface area contributed by atoms with Crippen molar-refractivity contribution in [1.82, 2.24) is 0 Å². The molecule has 0 aliphatic rings. The molecule has 0 saturated heterocycles. The number of hydrogen-bond donors (Lipinski definition) is 1. The maximum atomic E-state index is 12.0. The van der Waals surface area contributed by atoms with Gasteiger partial charge in [-0.2, -0.15) is 0 Å². The van der Waals surface area contributed by atoms with E-state index in [0.717, 1.165) is 0 Å². The molecule has 0 radical (unpaired) electrons. The first-order chi connectivity index (χ1) is 13.0. The molecule has 1 aromatic heterocycles. The number of nitrogens with zero attached hydrogens (tertiary/aromatic N) is 1. The Bertz CT molecular complexity index is 970. The van der Waals surface area contributed by atoms with E-state index in [0.29, 0.717) is 22.8 Å². The number of nitro groups is 1. The van der Waals surface area contributed by atoms with E-state index < -0.39 is 4.92 Å². The highest BCUT2D eigenvalue weighted by atomic mass is 16.6. The van der Waals surface area contributed by atoms with Crippen LogP contribution in [0.3, 0.4) is 0 Å². The number of furan rings is 1. The maximum absolute atomic E-state index is 12.0. The smallest absolute Gasteiger partial charge is 0.269 e. The summed E-state index contributed by atoms with van der Waals surface area (Å²) in [6.07, 6.45) is 2.93. The second-order valence-electron chi connectivity index (χ2n) is 5.59. The molecule has 0 unspecified atom stereocenters. The number of rotatable bonds is 7. The van der Waals surface area contributed by atoms with Crippen LogP contribution in [0.4, 0.5) is 5.69 Å². The number of hydrogen-bond acceptors (Lipinski definition) is 6. The van der Waals surface area contributed by atoms with Crippen molar-refractivity contribution in [3.05, 3.63) is 93.9 Å². The monoisotopic (exact) mass is 365 g/mol. The second-order valence-corrected chi connectivity index (χ2v) is 5.59. The summed E-state index contributed by atoms with van der Waals surface area (Å²) in [6.45, 7) is 0.150. The van der Waals surface area contributed by atoms with E-state index >= 15 is 0 Å². The Balaban J connectivity index is 1.57. The highest BCUT2D eigenvalue weighted by Crippen LogP contribution is 2.19. The fourth-order valence-electron chi connectivity index (χ4n) is 2.26. The van der Waals surface area contributed by atoms with Crippen LogP contribution in [-0.4, -0.2) is 15.8 Å². The van der Waals surface area contributed by atoms with Crippen LogP contribution in [-0.2, 0) is 6.61 Å². The van der Waals surface area contributed by atoms with E-state index in [2.05, 4.69) is 0 Å². The van der Waals surface area contributed by atoms with Crippen molar-refractivity contribution in [3.63, 3.8) is 0 Å². The van der Waals surface area contributed by atoms with E-state index in [-0.39, 0.29) is 23.8 Å². The van der Waals surface area contributed by atoms with Gasteiger partial charge in [-0.1, -0.05) is 0 Å². The van der Waals surface area contributed by atoms with Crippen LogP contribution < -0.4 is 4.74 Å². The molecule has 7 nitrogen and oxygen atoms in total. The van der Waals surface area contributed by atoms with Crippen LogP contribution in [0.5, 0.6) is 11.5 Å². The largest absolute Gasteiger partial charge is 0.508 e. The lowest BCUT2D eigenvalue weighted by Gasteiger charge is -2.03. The number of non-ortho nitro benzene ring substituents is 1. The zero-order valence-corrected chi connectivity index (χ0v) is 14.1. The zero-order valence-electron chi connectivity index (χ0n) is 14.1. The molecule has 136 valence electrons. The summed E-state index contributed by atoms with van der Waals surface area (Å²) in [6, 6.07) is 15.1. The SMILES string of the molecule is O=C(/C=C/c1ccc(COc2ccc([N+](=O)[O-])cc2)o1)c1ccc(O)cc1. The summed E-state index contributed by atoms with van der Waals surface area (Å²) in [5.41, 5.74) is 0.448. The molecule has 1 heterocycles. The van der Waals surface area contributed by atoms with Crippen LogP contribution in [0.15, 0.2) is 71.2 Å². The molecule has 0 aliphatic heterocycles. The number of nitro benzene ring substituents is 1. The second kappa shape index (κ2) is 8.01. The first kappa shape index (κ1) is 17.9. The van der Waals surface area contributed by atoms with Crippen LogP contribution in [0, 0.1) is 10.1 Å². The van der Waals surface area contributed by atoms with Gasteiger partial charge in [-0.3, -0.25) is 14.9 Å². The molecule has 0 atom stereocenters. The van der Waals surface area contributed by atoms with Gasteiger partial charge >= 0.3 is 0 Å². The number of carbonyl (C=O) groups excluding carboxylic acids is 1. The third kappa shape index (κ3) is 4.82. The summed E-state index contributed by atoms with van der Waals surface area (Å²) in [7, 11) is 0. The van der Waals surface area contributed by atoms with Crippen molar-refractivity contribution < 1.29 is 24.0 Å². The van der Waals surface area contributed by atoms with Crippen molar-refractivity contribution in [3.8, 4) is 11.5 Å². The Hall–Kier alpha value is -3.87. The average Bonchev–Trinajstić information content (AvgIpc) is 3.13. The predicted molar refractivity (Wildman–Crippen MR) is 97.6 cm³/mol. The van der Waals surface area contributed by atoms with E-state index in [9.17, 15) is 20.0 Å². The number of carbonyl (C=O) groups is 1. The minimum Gasteiger partial charge on any atom is -0.508 e. The van der Waals surface area contributed by atoms with Crippen LogP contribution in [0.1, 0.15) is 21.9 Å². The lowest BCUT2D eigenvalue weighted by Crippen LogP contribution is -1.94. The number of benzene rings is 2. The van der Waals surface area contributed by atoms with Crippen molar-refractivity contribution in [2.24, 2.45) is 0 Å². The highest BCUT2D eigenvalue weighted by molar-refractivity contribution is 6.06. The van der Waals surface area contributed by atoms with Gasteiger partial charge in [0, 0.05) is 17.7 Å². The molecule has 3 rings (SSSR count). The minimum atomic E-state index is -0.478. The van der Waals surface area contributed by atoms with Gasteiger partial charge in [0.1, 0.15) is 29.6 Å². The summed E-state index contributed by atoms with van der Waals surface area (Å²) in [4.78, 5) is 22.2. The van der Waals surface area contributed by atoms with Gasteiger partial charge in [0.2, 0.25) is 0 Å². The maximum Gasteiger partial charge on any atom is 0.269 e. The lowest BCUT2D eigenvalue weighted by molar-refractivity contribution is -0.384. The third-order valence-electron chi connectivity index (χ3n) is 3.66. The van der Waals surface area contributed by atoms with Crippen molar-refractivity contribution >= 4 is 17.5 Å². The quantitative estimate of drug-likeness (QED) is 0.289. The van der Waals surface area contributed by atoms with Crippen molar-refractivity contribution in [2.75, 3.05) is 0 Å². The normalized spacial score (nSPS) is 10.8. The van der Waals surface area contributed by atoms with Gasteiger partial charge in [-0.15, -0.1) is 0 Å². The van der Waals surface area contributed by atoms with E-state index in [1.54, 1.807) is 18.2 Å². The Morgan fingerprint density at radius 2 is 1.78 bits per heavy atom. The van der Waals surface area contributed by atoms with E-state index in [4.69, 9.17) is 9.15 Å². The molecule has 2 aromatic carbocycles. The lowest BCUT2D eigenvalue weighted by atomic mass is 10.1. The Labute approximate surface area is 154 Å². The Morgan fingerprint density at radius 1 is 1.07 bits per heavy atom. The molecule has 0 saturated carbocycles. The molecular formula is C20H15NO6. The molecule has 0 amide bonds. The van der Waals surface area contributed by atoms with Gasteiger partial charge in [-0.25, -0.2) is 0 Å². The Morgan fingerprint density at radius 3 is 2.44 bits per heavy atom. The van der Waals surface area contributed by atoms with Gasteiger partial charge in [0.05, 0.1) is 4.92 Å². The average molecular weight is 365 g/mol. The molecule has 0 fully saturated rings. The molecule has 7 heteroatoms. The molecule has 0 aliphatic carbocycles. The first-order valence-corrected chi connectivity index (χ1v) is 7.99. The summed E-state index contributed by atoms with van der Waals surface area (Å²) < 4.78 is 11.1. The van der Waals surface area contributed by atoms with Crippen LogP contribution in [0.2, 0.25) is 0 Å². The number of phenolic OH excluding ortho intramolecular Hbond substituents is 1. The third-order valence-corrected chi connectivity index (χ3v) is 3.66. The number of aromatic hydroxyl groups is 1. The Kier molecular flexibility index (Phi) is 5.32. The van der Waals surface area contributed by atoms with Crippen LogP contribution in [0.25, 0.3) is 6.08 Å². The topological polar surface area (TPSA) is 103 Å². The first-order valence-electron chi connectivity index (χ1n) is 7.99. The highest BCUT2D eigenvalue weighted by Gasteiger charge is 2.06. The number of allylic oxidation sites excluding steroid dienone is 1. The molecule has 27 heavy (non-hydrogen) atoms. The van der Waals surface area contributed by atoms with Gasteiger partial charge < -0.3 is 14.3 Å². The number of ether oxygens (including phenoxy) is 1. The standard InChI is InChI=1S/C20H15NO6/c22-16-5-1-14(2-6-16)20(23)12-11-18-9-10-19(27-18)13-26-17-7-3-15(4-8-17)21(24)25/h1-12,22H,13H2/b12-11+. The fraction of sp³-hybridized carbons (Fsp3) is 0.0500. The minimum absolute atomic E-state index is 0.00827. The fourth-order valence-corrected chi connectivity index (χ4v) is 2.26. The predicted octanol–water partition coefficient (Wildman–Crippen LogP) is 4.37. The van der Waals surface area contributed by atoms with Crippen molar-refractivity contribution in [2.45, 2.75) is 6.61 Å². The molecule has 1 N–H and O–H groups in total. The zero-order chi connectivity index (χ0) is 19.2. The number of phenols is 1. The van der Waals surface area contributed by atoms with E-state index in [1.165, 1.54) is 54.6 Å². The van der Waals surface area contributed by atoms with Gasteiger partial charge in [0.15, 0.2) is 5.78 Å². The van der Waals surface area contributed by atoms with Crippen molar-refractivity contribution in [1.29, 1.82) is 0 Å². The van der Waals surface area contributed by atoms with Gasteiger partial charge in [0.25, 0.3) is 5.69 Å². The van der Waals surface area contributed by atoms with Crippen LogP contribution >= 0.6 is 0 Å². The molecular weight excluding hydrogens is 350 g/mol. The molecule has 0 spiro atoms. The van der Waals surface area contributed by atoms with E-state index in [1.807, 2.05) is 0 Å². The number of ketones is 1. The summed E-state index contributed by atoms with van der Waals surface area (Å²) in [5, 5.41) is 19.9. The van der Waals surface area contributed by atoms with Gasteiger partial charge in [-0.05, 0) is 60.7 Å². The summed E-state index contributed by atoms with van der Waals surface area (Å²) in [5.74, 6) is 1.40. The molecule has 3 aromatic rings. The molecule has 0 bridgehead atoms.